The van der Waals surface area contributed by atoms with Crippen molar-refractivity contribution in [3.63, 3.8) is 0 Å². The van der Waals surface area contributed by atoms with Crippen molar-refractivity contribution in [1.82, 2.24) is 5.32 Å². The normalized spacial score (nSPS) is 12.6. The summed E-state index contributed by atoms with van der Waals surface area (Å²) >= 11 is 5.96. The van der Waals surface area contributed by atoms with E-state index in [0.29, 0.717) is 18.0 Å². The van der Waals surface area contributed by atoms with Gasteiger partial charge in [0, 0.05) is 18.0 Å². The van der Waals surface area contributed by atoms with Gasteiger partial charge in [0.05, 0.1) is 4.90 Å². The first-order chi connectivity index (χ1) is 11.3. The number of hydrogen-bond donors (Lipinski definition) is 2. The summed E-state index contributed by atoms with van der Waals surface area (Å²) in [5, 5.41) is 8.51. The van der Waals surface area contributed by atoms with Crippen molar-refractivity contribution < 1.29 is 13.2 Å². The van der Waals surface area contributed by atoms with Gasteiger partial charge >= 0.3 is 0 Å². The van der Waals surface area contributed by atoms with Gasteiger partial charge in [-0.1, -0.05) is 42.8 Å². The van der Waals surface area contributed by atoms with Crippen molar-refractivity contribution in [3.8, 4) is 0 Å². The number of primary sulfonamides is 1. The molecule has 0 saturated carbocycles. The third-order valence-electron chi connectivity index (χ3n) is 3.65. The first-order valence-electron chi connectivity index (χ1n) is 7.39. The number of nitrogens with one attached hydrogen (secondary N) is 1. The summed E-state index contributed by atoms with van der Waals surface area (Å²) in [6.07, 6.45) is 0.343. The summed E-state index contributed by atoms with van der Waals surface area (Å²) in [5.74, 6) is -0.0357. The Hall–Kier alpha value is -1.89. The smallest absolute Gasteiger partial charge is 0.238 e. The highest BCUT2D eigenvalue weighted by atomic mass is 35.5. The zero-order valence-electron chi connectivity index (χ0n) is 13.2. The van der Waals surface area contributed by atoms with Crippen LogP contribution in [0.2, 0.25) is 5.02 Å². The molecule has 0 radical (unpaired) electrons. The van der Waals surface area contributed by atoms with Crippen LogP contribution < -0.4 is 10.5 Å². The molecule has 3 N–H and O–H groups in total. The second kappa shape index (κ2) is 7.79. The molecule has 5 nitrogen and oxygen atoms in total. The summed E-state index contributed by atoms with van der Waals surface area (Å²) < 4.78 is 22.4. The maximum atomic E-state index is 12.1. The highest BCUT2D eigenvalue weighted by Crippen LogP contribution is 2.22. The molecule has 0 saturated heterocycles. The van der Waals surface area contributed by atoms with Crippen LogP contribution in [0.3, 0.4) is 0 Å². The summed E-state index contributed by atoms with van der Waals surface area (Å²) in [4.78, 5) is 12.1. The minimum atomic E-state index is -3.70. The summed E-state index contributed by atoms with van der Waals surface area (Å²) in [6.45, 7) is 2.29. The molecule has 2 aromatic carbocycles. The number of sulfonamides is 1. The molecule has 1 amide bonds. The van der Waals surface area contributed by atoms with Crippen LogP contribution in [-0.2, 0) is 21.4 Å². The minimum absolute atomic E-state index is 0.0483. The van der Waals surface area contributed by atoms with Gasteiger partial charge in [0.15, 0.2) is 0 Å². The molecule has 128 valence electrons. The number of carbonyl (C=O) groups is 1. The highest BCUT2D eigenvalue weighted by molar-refractivity contribution is 7.89. The number of carbonyl (C=O) groups excluding carboxylic acids is 1. The molecule has 0 aliphatic rings. The SMILES string of the molecule is CC(CC(=O)NCc1ccc(S(N)(=O)=O)cc1)c1cccc(Cl)c1. The van der Waals surface area contributed by atoms with Gasteiger partial charge in [0.1, 0.15) is 0 Å². The van der Waals surface area contributed by atoms with Crippen molar-refractivity contribution in [2.24, 2.45) is 5.14 Å². The largest absolute Gasteiger partial charge is 0.352 e. The average molecular weight is 367 g/mol. The van der Waals surface area contributed by atoms with Crippen LogP contribution in [0.4, 0.5) is 0 Å². The van der Waals surface area contributed by atoms with Gasteiger partial charge in [0.2, 0.25) is 15.9 Å². The Morgan fingerprint density at radius 2 is 1.88 bits per heavy atom. The molecule has 0 spiro atoms. The van der Waals surface area contributed by atoms with Crippen molar-refractivity contribution >= 4 is 27.5 Å². The zero-order chi connectivity index (χ0) is 17.7. The molecule has 0 aliphatic carbocycles. The van der Waals surface area contributed by atoms with E-state index < -0.39 is 10.0 Å². The lowest BCUT2D eigenvalue weighted by Crippen LogP contribution is -2.24. The standard InChI is InChI=1S/C17H19ClN2O3S/c1-12(14-3-2-4-15(18)10-14)9-17(21)20-11-13-5-7-16(8-6-13)24(19,22)23/h2-8,10,12H,9,11H2,1H3,(H,20,21)(H2,19,22,23). The fourth-order valence-electron chi connectivity index (χ4n) is 2.28. The van der Waals surface area contributed by atoms with Crippen molar-refractivity contribution in [3.05, 3.63) is 64.7 Å². The van der Waals surface area contributed by atoms with E-state index in [1.807, 2.05) is 25.1 Å². The number of halogens is 1. The molecule has 1 unspecified atom stereocenters. The molecule has 0 heterocycles. The number of amides is 1. The lowest BCUT2D eigenvalue weighted by Gasteiger charge is -2.12. The van der Waals surface area contributed by atoms with Gasteiger partial charge in [-0.3, -0.25) is 4.79 Å². The van der Waals surface area contributed by atoms with Gasteiger partial charge in [-0.25, -0.2) is 13.6 Å². The van der Waals surface area contributed by atoms with Crippen molar-refractivity contribution in [1.29, 1.82) is 0 Å². The van der Waals surface area contributed by atoms with E-state index in [9.17, 15) is 13.2 Å². The Balaban J connectivity index is 1.89. The first-order valence-corrected chi connectivity index (χ1v) is 9.32. The van der Waals surface area contributed by atoms with Crippen LogP contribution in [-0.4, -0.2) is 14.3 Å². The third-order valence-corrected chi connectivity index (χ3v) is 4.82. The summed E-state index contributed by atoms with van der Waals surface area (Å²) in [5.41, 5.74) is 1.81. The van der Waals surface area contributed by atoms with Gasteiger partial charge in [0.25, 0.3) is 0 Å². The molecule has 1 atom stereocenters. The second-order valence-electron chi connectivity index (χ2n) is 5.63. The molecule has 0 aromatic heterocycles. The van der Waals surface area contributed by atoms with Crippen LogP contribution in [0.15, 0.2) is 53.4 Å². The number of benzene rings is 2. The number of nitrogens with two attached hydrogens (primary N) is 1. The quantitative estimate of drug-likeness (QED) is 0.823. The van der Waals surface area contributed by atoms with E-state index >= 15 is 0 Å². The maximum Gasteiger partial charge on any atom is 0.238 e. The van der Waals surface area contributed by atoms with Gasteiger partial charge in [-0.15, -0.1) is 0 Å². The lowest BCUT2D eigenvalue weighted by atomic mass is 9.97. The van der Waals surface area contributed by atoms with Crippen LogP contribution in [0, 0.1) is 0 Å². The van der Waals surface area contributed by atoms with Crippen LogP contribution in [0.5, 0.6) is 0 Å². The van der Waals surface area contributed by atoms with Gasteiger partial charge in [-0.05, 0) is 41.3 Å². The van der Waals surface area contributed by atoms with E-state index in [1.54, 1.807) is 18.2 Å². The van der Waals surface area contributed by atoms with Crippen molar-refractivity contribution in [2.45, 2.75) is 30.7 Å². The van der Waals surface area contributed by atoms with Crippen molar-refractivity contribution in [2.75, 3.05) is 0 Å². The monoisotopic (exact) mass is 366 g/mol. The third kappa shape index (κ3) is 5.33. The predicted octanol–water partition coefficient (Wildman–Crippen LogP) is 2.80. The highest BCUT2D eigenvalue weighted by Gasteiger charge is 2.12. The second-order valence-corrected chi connectivity index (χ2v) is 7.62. The molecular weight excluding hydrogens is 348 g/mol. The average Bonchev–Trinajstić information content (AvgIpc) is 2.52. The van der Waals surface area contributed by atoms with Crippen LogP contribution in [0.1, 0.15) is 30.4 Å². The molecular formula is C17H19ClN2O3S. The van der Waals surface area contributed by atoms with Gasteiger partial charge < -0.3 is 5.32 Å². The van der Waals surface area contributed by atoms with E-state index in [4.69, 9.17) is 16.7 Å². The van der Waals surface area contributed by atoms with Gasteiger partial charge in [-0.2, -0.15) is 0 Å². The maximum absolute atomic E-state index is 12.1. The molecule has 7 heteroatoms. The Bertz CT molecular complexity index is 820. The molecule has 24 heavy (non-hydrogen) atoms. The topological polar surface area (TPSA) is 89.3 Å². The fourth-order valence-corrected chi connectivity index (χ4v) is 2.99. The van der Waals surface area contributed by atoms with E-state index in [0.717, 1.165) is 11.1 Å². The fraction of sp³-hybridized carbons (Fsp3) is 0.235. The molecule has 0 bridgehead atoms. The van der Waals surface area contributed by atoms with E-state index in [1.165, 1.54) is 12.1 Å². The Morgan fingerprint density at radius 1 is 1.21 bits per heavy atom. The van der Waals surface area contributed by atoms with Crippen LogP contribution >= 0.6 is 11.6 Å². The Morgan fingerprint density at radius 3 is 2.46 bits per heavy atom. The van der Waals surface area contributed by atoms with E-state index in [-0.39, 0.29) is 16.7 Å². The summed E-state index contributed by atoms with van der Waals surface area (Å²) in [7, 11) is -3.70. The molecule has 2 rings (SSSR count). The molecule has 0 aliphatic heterocycles. The lowest BCUT2D eigenvalue weighted by molar-refractivity contribution is -0.121. The predicted molar refractivity (Wildman–Crippen MR) is 94.1 cm³/mol. The molecule has 0 fully saturated rings. The zero-order valence-corrected chi connectivity index (χ0v) is 14.8. The Kier molecular flexibility index (Phi) is 5.99. The summed E-state index contributed by atoms with van der Waals surface area (Å²) in [6, 6.07) is 13.5. The minimum Gasteiger partial charge on any atom is -0.352 e. The first kappa shape index (κ1) is 18.4. The molecule has 2 aromatic rings. The number of rotatable bonds is 6. The Labute approximate surface area is 146 Å². The van der Waals surface area contributed by atoms with E-state index in [2.05, 4.69) is 5.32 Å². The number of hydrogen-bond acceptors (Lipinski definition) is 3. The van der Waals surface area contributed by atoms with Crippen LogP contribution in [0.25, 0.3) is 0 Å².